The van der Waals surface area contributed by atoms with E-state index in [4.69, 9.17) is 13.8 Å². The summed E-state index contributed by atoms with van der Waals surface area (Å²) >= 11 is 0. The van der Waals surface area contributed by atoms with Gasteiger partial charge in [0.05, 0.1) is 33.8 Å². The lowest BCUT2D eigenvalue weighted by Crippen LogP contribution is -2.47. The molecular formula is C69H126N2O7P+. The van der Waals surface area contributed by atoms with E-state index >= 15 is 0 Å². The van der Waals surface area contributed by atoms with E-state index in [0.717, 1.165) is 116 Å². The van der Waals surface area contributed by atoms with Crippen molar-refractivity contribution in [3.63, 3.8) is 0 Å². The summed E-state index contributed by atoms with van der Waals surface area (Å²) in [6.07, 6.45) is 77.2. The Morgan fingerprint density at radius 2 is 0.810 bits per heavy atom. The smallest absolute Gasteiger partial charge is 0.456 e. The van der Waals surface area contributed by atoms with E-state index in [1.165, 1.54) is 141 Å². The van der Waals surface area contributed by atoms with Crippen LogP contribution in [0.25, 0.3) is 0 Å². The minimum absolute atomic E-state index is 0.0339. The highest BCUT2D eigenvalue weighted by Crippen LogP contribution is 2.43. The van der Waals surface area contributed by atoms with Gasteiger partial charge in [0.1, 0.15) is 19.3 Å². The molecule has 0 fully saturated rings. The van der Waals surface area contributed by atoms with Gasteiger partial charge < -0.3 is 19.4 Å². The number of unbranched alkanes of at least 4 members (excludes halogenated alkanes) is 32. The molecule has 0 aliphatic carbocycles. The van der Waals surface area contributed by atoms with Gasteiger partial charge in [-0.1, -0.05) is 260 Å². The van der Waals surface area contributed by atoms with Crippen LogP contribution in [0.2, 0.25) is 0 Å². The largest absolute Gasteiger partial charge is 0.472 e. The molecule has 0 radical (unpaired) electrons. The van der Waals surface area contributed by atoms with Gasteiger partial charge in [-0.05, 0) is 102 Å². The number of hydrogen-bond acceptors (Lipinski definition) is 6. The number of carbonyl (C=O) groups excluding carboxylic acids is 2. The van der Waals surface area contributed by atoms with Gasteiger partial charge in [0.15, 0.2) is 0 Å². The molecule has 0 heterocycles. The first-order valence-electron chi connectivity index (χ1n) is 32.9. The minimum Gasteiger partial charge on any atom is -0.456 e. The fourth-order valence-corrected chi connectivity index (χ4v) is 9.94. The van der Waals surface area contributed by atoms with Gasteiger partial charge in [0.25, 0.3) is 0 Å². The van der Waals surface area contributed by atoms with E-state index in [2.05, 4.69) is 99.0 Å². The number of nitrogens with one attached hydrogen (secondary N) is 1. The fraction of sp³-hybridized carbons (Fsp3) is 0.768. The molecule has 0 aromatic carbocycles. The van der Waals surface area contributed by atoms with Crippen molar-refractivity contribution in [3.8, 4) is 0 Å². The van der Waals surface area contributed by atoms with Crippen LogP contribution in [0.3, 0.4) is 0 Å². The Labute approximate surface area is 488 Å². The number of nitrogens with zero attached hydrogens (tertiary/aromatic N) is 1. The molecule has 0 aliphatic heterocycles. The predicted octanol–water partition coefficient (Wildman–Crippen LogP) is 20.6. The third-order valence-corrected chi connectivity index (χ3v) is 15.3. The molecule has 1 amide bonds. The van der Waals surface area contributed by atoms with Crippen LogP contribution >= 0.6 is 7.82 Å². The van der Waals surface area contributed by atoms with Gasteiger partial charge in [0.2, 0.25) is 5.91 Å². The molecule has 0 saturated heterocycles. The van der Waals surface area contributed by atoms with Gasteiger partial charge in [0, 0.05) is 12.8 Å². The first kappa shape index (κ1) is 76.2. The number of amides is 1. The average Bonchev–Trinajstić information content (AvgIpc) is 3.41. The van der Waals surface area contributed by atoms with Crippen molar-refractivity contribution in [2.75, 3.05) is 40.9 Å². The van der Waals surface area contributed by atoms with Crippen LogP contribution in [0, 0.1) is 0 Å². The van der Waals surface area contributed by atoms with E-state index < -0.39 is 20.0 Å². The Kier molecular flexibility index (Phi) is 56.3. The molecule has 0 aromatic rings. The van der Waals surface area contributed by atoms with Crippen LogP contribution in [0.4, 0.5) is 0 Å². The lowest BCUT2D eigenvalue weighted by Gasteiger charge is -2.27. The van der Waals surface area contributed by atoms with Crippen molar-refractivity contribution in [1.82, 2.24) is 5.32 Å². The maximum atomic E-state index is 13.6. The number of ether oxygens (including phenoxy) is 1. The van der Waals surface area contributed by atoms with Crippen LogP contribution in [-0.2, 0) is 27.9 Å². The highest BCUT2D eigenvalue weighted by atomic mass is 31.2. The Morgan fingerprint density at radius 3 is 1.25 bits per heavy atom. The molecule has 0 aromatic heterocycles. The van der Waals surface area contributed by atoms with E-state index in [-0.39, 0.29) is 31.5 Å². The summed E-state index contributed by atoms with van der Waals surface area (Å²) < 4.78 is 30.7. The first-order valence-corrected chi connectivity index (χ1v) is 34.4. The summed E-state index contributed by atoms with van der Waals surface area (Å²) in [7, 11) is 1.48. The van der Waals surface area contributed by atoms with E-state index in [0.29, 0.717) is 17.4 Å². The molecular weight excluding hydrogens is 1000 g/mol. The molecule has 10 heteroatoms. The average molecular weight is 1130 g/mol. The molecule has 0 spiro atoms. The van der Waals surface area contributed by atoms with E-state index in [1.54, 1.807) is 0 Å². The number of esters is 1. The molecule has 3 unspecified atom stereocenters. The number of allylic oxidation sites excluding steroid dienone is 13. The Bertz CT molecular complexity index is 1630. The zero-order chi connectivity index (χ0) is 57.9. The van der Waals surface area contributed by atoms with Crippen LogP contribution in [0.5, 0.6) is 0 Å². The summed E-state index contributed by atoms with van der Waals surface area (Å²) in [5, 5.41) is 3.05. The molecule has 9 nitrogen and oxygen atoms in total. The normalized spacial score (nSPS) is 14.2. The van der Waals surface area contributed by atoms with Crippen molar-refractivity contribution in [3.05, 3.63) is 85.1 Å². The van der Waals surface area contributed by atoms with Gasteiger partial charge in [-0.3, -0.25) is 18.6 Å². The second kappa shape index (κ2) is 58.4. The highest BCUT2D eigenvalue weighted by Gasteiger charge is 2.30. The maximum Gasteiger partial charge on any atom is 0.472 e. The van der Waals surface area contributed by atoms with Crippen LogP contribution < -0.4 is 5.32 Å². The molecule has 2 N–H and O–H groups in total. The van der Waals surface area contributed by atoms with E-state index in [1.807, 2.05) is 33.3 Å². The van der Waals surface area contributed by atoms with E-state index in [9.17, 15) is 19.0 Å². The van der Waals surface area contributed by atoms with Crippen molar-refractivity contribution in [2.45, 2.75) is 303 Å². The second-order valence-corrected chi connectivity index (χ2v) is 24.8. The summed E-state index contributed by atoms with van der Waals surface area (Å²) in [6, 6.07) is -0.861. The second-order valence-electron chi connectivity index (χ2n) is 23.3. The summed E-state index contributed by atoms with van der Waals surface area (Å²) in [4.78, 5) is 37.8. The number of hydrogen-bond donors (Lipinski definition) is 2. The molecule has 458 valence electrons. The van der Waals surface area contributed by atoms with Gasteiger partial charge in [-0.15, -0.1) is 0 Å². The number of carbonyl (C=O) groups is 2. The quantitative estimate of drug-likeness (QED) is 0.0156. The minimum atomic E-state index is -4.46. The zero-order valence-corrected chi connectivity index (χ0v) is 53.2. The molecule has 0 aliphatic rings. The van der Waals surface area contributed by atoms with Crippen LogP contribution in [-0.4, -0.2) is 74.3 Å². The van der Waals surface area contributed by atoms with Gasteiger partial charge >= 0.3 is 13.8 Å². The van der Waals surface area contributed by atoms with Gasteiger partial charge in [-0.25, -0.2) is 4.57 Å². The van der Waals surface area contributed by atoms with Crippen LogP contribution in [0.15, 0.2) is 85.1 Å². The third kappa shape index (κ3) is 59.6. The van der Waals surface area contributed by atoms with Crippen LogP contribution in [0.1, 0.15) is 290 Å². The molecule has 79 heavy (non-hydrogen) atoms. The maximum absolute atomic E-state index is 13.6. The van der Waals surface area contributed by atoms with Crippen molar-refractivity contribution >= 4 is 19.7 Å². The lowest BCUT2D eigenvalue weighted by atomic mass is 10.0. The number of likely N-dealkylation sites (N-methyl/N-ethyl adjacent to an activating group) is 1. The highest BCUT2D eigenvalue weighted by molar-refractivity contribution is 7.47. The number of phosphoric ester groups is 1. The predicted molar refractivity (Wildman–Crippen MR) is 341 cm³/mol. The Morgan fingerprint density at radius 1 is 0.456 bits per heavy atom. The standard InChI is InChI=1S/C69H125N2O7P/c1-7-10-13-16-19-22-25-28-30-31-32-33-34-35-36-37-38-39-41-44-47-50-53-56-59-62-69(73)78-67(60-57-54-51-48-45-42-27-24-21-18-15-12-9-3)66(65-77-79(74,75)76-64-63-71(4,5)6)70-68(72)61-58-55-52-49-46-43-40-29-26-23-20-17-14-11-8-2/h19-20,22-23,26,28-30,32-33,35-36,57,60,66-67H,7-18,21,24-25,27,31,34,37-56,58-59,61-65H2,1-6H3,(H-,70,72,74,75)/p+1/b22-19-,23-20+,29-26+,30-28-,33-32-,36-35-,60-57-. The Hall–Kier alpha value is -2.81. The summed E-state index contributed by atoms with van der Waals surface area (Å²) in [5.41, 5.74) is 0. The monoisotopic (exact) mass is 1130 g/mol. The number of rotatable bonds is 59. The topological polar surface area (TPSA) is 111 Å². The van der Waals surface area contributed by atoms with Crippen molar-refractivity contribution in [1.29, 1.82) is 0 Å². The molecule has 3 atom stereocenters. The molecule has 0 rings (SSSR count). The fourth-order valence-electron chi connectivity index (χ4n) is 9.21. The SMILES string of the molecule is CCCCC/C=C\C/C=C\C/C=C\C/C=C\CCCCCCCCCCCC(=O)OC(/C=C\CCCCCCCCCCCCC)C(COP(=O)(O)OCC[N+](C)(C)C)NC(=O)CCCCCCCC/C=C/C=C/CCCCC. The van der Waals surface area contributed by atoms with Crippen molar-refractivity contribution in [2.24, 2.45) is 0 Å². The summed E-state index contributed by atoms with van der Waals surface area (Å²) in [6.45, 7) is 6.95. The Balaban J connectivity index is 5.19. The third-order valence-electron chi connectivity index (χ3n) is 14.3. The lowest BCUT2D eigenvalue weighted by molar-refractivity contribution is -0.870. The number of quaternary nitrogens is 1. The molecule has 0 saturated carbocycles. The van der Waals surface area contributed by atoms with Crippen molar-refractivity contribution < 1.29 is 37.3 Å². The summed E-state index contributed by atoms with van der Waals surface area (Å²) in [5.74, 6) is -0.523. The number of phosphoric acid groups is 1. The zero-order valence-electron chi connectivity index (χ0n) is 52.3. The van der Waals surface area contributed by atoms with Gasteiger partial charge in [-0.2, -0.15) is 0 Å². The first-order chi connectivity index (χ1) is 38.4. The molecule has 0 bridgehead atoms.